The van der Waals surface area contributed by atoms with Crippen molar-refractivity contribution in [2.45, 2.75) is 31.6 Å². The van der Waals surface area contributed by atoms with Crippen molar-refractivity contribution in [3.63, 3.8) is 0 Å². The van der Waals surface area contributed by atoms with E-state index in [1.165, 1.54) is 16.8 Å². The number of aromatic nitrogens is 2. The number of nitrogens with zero attached hydrogens (tertiary/aromatic N) is 4. The first kappa shape index (κ1) is 27.6. The molecule has 11 heteroatoms. The number of rotatable bonds is 5. The van der Waals surface area contributed by atoms with Gasteiger partial charge < -0.3 is 9.64 Å². The summed E-state index contributed by atoms with van der Waals surface area (Å²) in [5.41, 5.74) is -0.0233. The molecule has 3 aromatic carbocycles. The maximum absolute atomic E-state index is 14.6. The van der Waals surface area contributed by atoms with Crippen LogP contribution in [0.5, 0.6) is 0 Å². The minimum absolute atomic E-state index is 0.199. The van der Waals surface area contributed by atoms with Crippen LogP contribution in [0.2, 0.25) is 0 Å². The van der Waals surface area contributed by atoms with Gasteiger partial charge in [0.2, 0.25) is 0 Å². The second kappa shape index (κ2) is 11.0. The molecule has 0 N–H and O–H groups in total. The highest BCUT2D eigenvalue weighted by molar-refractivity contribution is 5.96. The number of halogens is 6. The number of benzene rings is 3. The quantitative estimate of drug-likeness (QED) is 0.255. The molecular weight excluding hydrogens is 546 g/mol. The molecule has 2 aliphatic heterocycles. The van der Waals surface area contributed by atoms with Crippen molar-refractivity contribution < 1.29 is 31.1 Å². The van der Waals surface area contributed by atoms with E-state index in [1.807, 2.05) is 18.2 Å². The Morgan fingerprint density at radius 3 is 2.37 bits per heavy atom. The lowest BCUT2D eigenvalue weighted by molar-refractivity contribution is -0.136. The van der Waals surface area contributed by atoms with Crippen LogP contribution in [0.3, 0.4) is 0 Å². The molecule has 0 bridgehead atoms. The topological polar surface area (TPSA) is 33.5 Å². The molecule has 2 aliphatic rings. The molecule has 3 heterocycles. The van der Waals surface area contributed by atoms with E-state index in [9.17, 15) is 26.3 Å². The summed E-state index contributed by atoms with van der Waals surface area (Å²) in [6.45, 7) is 4.27. The molecule has 1 aromatic heterocycles. The van der Waals surface area contributed by atoms with Gasteiger partial charge in [-0.1, -0.05) is 24.3 Å². The van der Waals surface area contributed by atoms with Crippen LogP contribution in [0.1, 0.15) is 24.0 Å². The Kier molecular flexibility index (Phi) is 7.41. The number of alkyl halides is 3. The maximum atomic E-state index is 14.6. The largest absolute Gasteiger partial charge is 0.418 e. The van der Waals surface area contributed by atoms with Gasteiger partial charge in [0.05, 0.1) is 31.0 Å². The Morgan fingerprint density at radius 1 is 0.902 bits per heavy atom. The third-order valence-corrected chi connectivity index (χ3v) is 7.93. The van der Waals surface area contributed by atoms with Crippen LogP contribution in [-0.2, 0) is 17.5 Å². The van der Waals surface area contributed by atoms with Gasteiger partial charge in [-0.05, 0) is 31.0 Å². The summed E-state index contributed by atoms with van der Waals surface area (Å²) in [6, 6.07) is 12.6. The predicted molar refractivity (Wildman–Crippen MR) is 143 cm³/mol. The Morgan fingerprint density at radius 2 is 1.63 bits per heavy atom. The molecule has 0 radical (unpaired) electrons. The molecule has 5 nitrogen and oxygen atoms in total. The molecule has 0 amide bonds. The van der Waals surface area contributed by atoms with Crippen molar-refractivity contribution in [1.82, 2.24) is 14.7 Å². The average molecular weight is 575 g/mol. The third kappa shape index (κ3) is 5.52. The zero-order valence-electron chi connectivity index (χ0n) is 22.1. The summed E-state index contributed by atoms with van der Waals surface area (Å²) in [5, 5.41) is 4.41. The fourth-order valence-electron chi connectivity index (χ4n) is 5.95. The van der Waals surface area contributed by atoms with E-state index < -0.39 is 41.3 Å². The lowest BCUT2D eigenvalue weighted by Crippen LogP contribution is -2.51. The number of piperidine rings is 1. The first-order valence-corrected chi connectivity index (χ1v) is 13.6. The molecule has 0 saturated carbocycles. The van der Waals surface area contributed by atoms with Gasteiger partial charge in [-0.25, -0.2) is 13.2 Å². The monoisotopic (exact) mass is 574 g/mol. The molecule has 0 spiro atoms. The van der Waals surface area contributed by atoms with E-state index in [-0.39, 0.29) is 16.6 Å². The molecule has 216 valence electrons. The van der Waals surface area contributed by atoms with E-state index in [2.05, 4.69) is 14.9 Å². The summed E-state index contributed by atoms with van der Waals surface area (Å²) in [4.78, 5) is 4.70. The number of ether oxygens (including phenoxy) is 1. The van der Waals surface area contributed by atoms with Crippen LogP contribution in [-0.4, -0.2) is 60.1 Å². The molecule has 4 aromatic rings. The molecule has 41 heavy (non-hydrogen) atoms. The number of hydrogen-bond donors (Lipinski definition) is 0. The molecule has 1 unspecified atom stereocenters. The van der Waals surface area contributed by atoms with E-state index in [0.717, 1.165) is 50.8 Å². The summed E-state index contributed by atoms with van der Waals surface area (Å²) in [7, 11) is 0. The molecule has 6 rings (SSSR count). The highest BCUT2D eigenvalue weighted by Crippen LogP contribution is 2.39. The highest BCUT2D eigenvalue weighted by Gasteiger charge is 2.35. The highest BCUT2D eigenvalue weighted by atomic mass is 19.4. The van der Waals surface area contributed by atoms with Crippen molar-refractivity contribution in [2.24, 2.45) is 0 Å². The normalized spacial score (nSPS) is 18.8. The summed E-state index contributed by atoms with van der Waals surface area (Å²) in [5.74, 6) is -3.36. The van der Waals surface area contributed by atoms with E-state index in [1.54, 1.807) is 6.07 Å². The molecular formula is C30H28F6N4O. The Hall–Kier alpha value is -3.57. The minimum Gasteiger partial charge on any atom is -0.379 e. The second-order valence-electron chi connectivity index (χ2n) is 10.5. The van der Waals surface area contributed by atoms with E-state index in [4.69, 9.17) is 4.74 Å². The summed E-state index contributed by atoms with van der Waals surface area (Å²) >= 11 is 0. The number of hydrogen-bond acceptors (Lipinski definition) is 4. The zero-order chi connectivity index (χ0) is 28.7. The van der Waals surface area contributed by atoms with Gasteiger partial charge in [0, 0.05) is 66.6 Å². The lowest BCUT2D eigenvalue weighted by Gasteiger charge is -2.41. The van der Waals surface area contributed by atoms with Crippen LogP contribution in [0.15, 0.2) is 54.6 Å². The Balaban J connectivity index is 1.43. The predicted octanol–water partition coefficient (Wildman–Crippen LogP) is 6.49. The third-order valence-electron chi connectivity index (χ3n) is 7.93. The van der Waals surface area contributed by atoms with Gasteiger partial charge in [-0.15, -0.1) is 0 Å². The van der Waals surface area contributed by atoms with Gasteiger partial charge in [0.25, 0.3) is 0 Å². The Labute approximate surface area is 232 Å². The molecule has 2 saturated heterocycles. The van der Waals surface area contributed by atoms with Crippen LogP contribution >= 0.6 is 0 Å². The first-order chi connectivity index (χ1) is 19.7. The van der Waals surface area contributed by atoms with Crippen LogP contribution < -0.4 is 4.90 Å². The van der Waals surface area contributed by atoms with Crippen molar-refractivity contribution in [3.05, 3.63) is 83.2 Å². The fraction of sp³-hybridized carbons (Fsp3) is 0.367. The molecule has 1 atom stereocenters. The van der Waals surface area contributed by atoms with Gasteiger partial charge in [0.15, 0.2) is 0 Å². The van der Waals surface area contributed by atoms with Crippen molar-refractivity contribution >= 4 is 16.6 Å². The van der Waals surface area contributed by atoms with Crippen LogP contribution in [0, 0.1) is 17.5 Å². The number of fused-ring (bicyclic) bond motifs is 1. The fourth-order valence-corrected chi connectivity index (χ4v) is 5.95. The number of morpholine rings is 1. The SMILES string of the molecule is Fc1cc(F)c(Cn2nc3c(C(F)(F)F)cccc3c2-c2cccc(N3CCCC(N4CCOCC4)C3)c2)c(F)c1. The van der Waals surface area contributed by atoms with E-state index >= 15 is 0 Å². The van der Waals surface area contributed by atoms with E-state index in [0.29, 0.717) is 37.0 Å². The van der Waals surface area contributed by atoms with Crippen molar-refractivity contribution in [3.8, 4) is 11.3 Å². The maximum Gasteiger partial charge on any atom is 0.418 e. The second-order valence-corrected chi connectivity index (χ2v) is 10.5. The lowest BCUT2D eigenvalue weighted by atomic mass is 10.0. The standard InChI is InChI=1S/C30H28F6N4O/c31-20-15-26(32)24(27(33)16-20)18-40-29(23-7-2-8-25(28(23)37-40)30(34,35)36)19-4-1-5-21(14-19)39-9-3-6-22(17-39)38-10-12-41-13-11-38/h1-2,4-5,7-8,14-16,22H,3,6,9-13,17-18H2. The van der Waals surface area contributed by atoms with Crippen LogP contribution in [0.4, 0.5) is 32.0 Å². The van der Waals surface area contributed by atoms with Gasteiger partial charge in [0.1, 0.15) is 23.0 Å². The summed E-state index contributed by atoms with van der Waals surface area (Å²) in [6.07, 6.45) is -2.62. The zero-order valence-corrected chi connectivity index (χ0v) is 22.1. The van der Waals surface area contributed by atoms with Gasteiger partial charge >= 0.3 is 6.18 Å². The first-order valence-electron chi connectivity index (χ1n) is 13.6. The Bertz CT molecular complexity index is 1540. The molecule has 2 fully saturated rings. The van der Waals surface area contributed by atoms with Gasteiger partial charge in [-0.3, -0.25) is 9.58 Å². The number of anilines is 1. The van der Waals surface area contributed by atoms with Crippen molar-refractivity contribution in [1.29, 1.82) is 0 Å². The molecule has 0 aliphatic carbocycles. The minimum atomic E-state index is -4.69. The van der Waals surface area contributed by atoms with Crippen molar-refractivity contribution in [2.75, 3.05) is 44.3 Å². The van der Waals surface area contributed by atoms with Gasteiger partial charge in [-0.2, -0.15) is 18.3 Å². The average Bonchev–Trinajstić information content (AvgIpc) is 3.33. The van der Waals surface area contributed by atoms with Crippen LogP contribution in [0.25, 0.3) is 22.2 Å². The summed E-state index contributed by atoms with van der Waals surface area (Å²) < 4.78 is 91.3. The smallest absolute Gasteiger partial charge is 0.379 e.